The minimum Gasteiger partial charge on any atom is -0.357 e. The SMILES string of the molecule is OC1(F)CCC1(F)F. The predicted molar refractivity (Wildman–Crippen MR) is 20.2 cm³/mol. The minimum absolute atomic E-state index is 0.444. The highest BCUT2D eigenvalue weighted by molar-refractivity contribution is 4.94. The number of alkyl halides is 3. The van der Waals surface area contributed by atoms with Crippen molar-refractivity contribution < 1.29 is 18.3 Å². The third kappa shape index (κ3) is 0.523. The maximum atomic E-state index is 11.8. The Kier molecular flexibility index (Phi) is 0.867. The fourth-order valence-electron chi connectivity index (χ4n) is 0.520. The van der Waals surface area contributed by atoms with Crippen molar-refractivity contribution in [2.24, 2.45) is 0 Å². The van der Waals surface area contributed by atoms with Crippen LogP contribution >= 0.6 is 0 Å². The molecular formula is C4H5F3O. The Morgan fingerprint density at radius 3 is 1.50 bits per heavy atom. The summed E-state index contributed by atoms with van der Waals surface area (Å²) in [6, 6.07) is 0. The van der Waals surface area contributed by atoms with E-state index in [1.165, 1.54) is 0 Å². The molecule has 0 bridgehead atoms. The van der Waals surface area contributed by atoms with Crippen molar-refractivity contribution >= 4 is 0 Å². The molecule has 0 heterocycles. The topological polar surface area (TPSA) is 20.2 Å². The van der Waals surface area contributed by atoms with Gasteiger partial charge in [0.05, 0.1) is 0 Å². The second-order valence-corrected chi connectivity index (χ2v) is 1.96. The average Bonchev–Trinajstić information content (AvgIpc) is 1.64. The lowest BCUT2D eigenvalue weighted by Gasteiger charge is -2.37. The van der Waals surface area contributed by atoms with Gasteiger partial charge in [-0.25, -0.2) is 13.2 Å². The van der Waals surface area contributed by atoms with E-state index in [4.69, 9.17) is 5.11 Å². The molecule has 0 aromatic heterocycles. The fourth-order valence-corrected chi connectivity index (χ4v) is 0.520. The van der Waals surface area contributed by atoms with Gasteiger partial charge in [-0.15, -0.1) is 0 Å². The van der Waals surface area contributed by atoms with Crippen LogP contribution in [-0.2, 0) is 0 Å². The molecule has 1 fully saturated rings. The van der Waals surface area contributed by atoms with Gasteiger partial charge in [-0.1, -0.05) is 0 Å². The van der Waals surface area contributed by atoms with E-state index in [1.807, 2.05) is 0 Å². The molecule has 0 aromatic rings. The van der Waals surface area contributed by atoms with Gasteiger partial charge in [-0.3, -0.25) is 0 Å². The molecule has 48 valence electrons. The van der Waals surface area contributed by atoms with Crippen molar-refractivity contribution in [1.29, 1.82) is 0 Å². The van der Waals surface area contributed by atoms with E-state index >= 15 is 0 Å². The predicted octanol–water partition coefficient (Wildman–Crippen LogP) is 1.07. The molecule has 1 nitrogen and oxygen atoms in total. The molecule has 0 amide bonds. The second kappa shape index (κ2) is 1.18. The standard InChI is InChI=1S/C4H5F3O/c5-3(6)1-2-4(3,7)8/h8H,1-2H2. The summed E-state index contributed by atoms with van der Waals surface area (Å²) < 4.78 is 35.2. The maximum Gasteiger partial charge on any atom is 0.305 e. The number of hydrogen-bond donors (Lipinski definition) is 1. The highest BCUT2D eigenvalue weighted by Crippen LogP contribution is 2.47. The van der Waals surface area contributed by atoms with Crippen LogP contribution in [0.4, 0.5) is 13.2 Å². The smallest absolute Gasteiger partial charge is 0.305 e. The monoisotopic (exact) mass is 126 g/mol. The Morgan fingerprint density at radius 2 is 1.50 bits per heavy atom. The zero-order valence-corrected chi connectivity index (χ0v) is 4.00. The van der Waals surface area contributed by atoms with Gasteiger partial charge in [-0.2, -0.15) is 0 Å². The van der Waals surface area contributed by atoms with Crippen molar-refractivity contribution in [2.75, 3.05) is 0 Å². The van der Waals surface area contributed by atoms with Crippen LogP contribution < -0.4 is 0 Å². The first kappa shape index (κ1) is 5.88. The molecule has 1 N–H and O–H groups in total. The van der Waals surface area contributed by atoms with Crippen molar-refractivity contribution in [3.8, 4) is 0 Å². The van der Waals surface area contributed by atoms with Gasteiger partial charge in [0, 0.05) is 12.8 Å². The van der Waals surface area contributed by atoms with E-state index in [0.29, 0.717) is 0 Å². The normalized spacial score (nSPS) is 43.5. The summed E-state index contributed by atoms with van der Waals surface area (Å²) in [5.41, 5.74) is 0. The quantitative estimate of drug-likeness (QED) is 0.514. The number of hydrogen-bond acceptors (Lipinski definition) is 1. The Morgan fingerprint density at radius 1 is 1.12 bits per heavy atom. The molecule has 8 heavy (non-hydrogen) atoms. The Bertz CT molecular complexity index is 95.9. The van der Waals surface area contributed by atoms with E-state index in [2.05, 4.69) is 0 Å². The van der Waals surface area contributed by atoms with Gasteiger partial charge in [0.25, 0.3) is 5.85 Å². The summed E-state index contributed by atoms with van der Waals surface area (Å²) in [6.45, 7) is 0. The third-order valence-corrected chi connectivity index (χ3v) is 1.33. The van der Waals surface area contributed by atoms with Crippen LogP contribution in [0.15, 0.2) is 0 Å². The van der Waals surface area contributed by atoms with Crippen LogP contribution in [-0.4, -0.2) is 16.9 Å². The first-order valence-corrected chi connectivity index (χ1v) is 2.25. The van der Waals surface area contributed by atoms with Crippen molar-refractivity contribution in [3.63, 3.8) is 0 Å². The largest absolute Gasteiger partial charge is 0.357 e. The van der Waals surface area contributed by atoms with Crippen molar-refractivity contribution in [2.45, 2.75) is 24.6 Å². The molecule has 0 saturated heterocycles. The van der Waals surface area contributed by atoms with Gasteiger partial charge in [0.1, 0.15) is 0 Å². The molecule has 1 aliphatic rings. The van der Waals surface area contributed by atoms with E-state index < -0.39 is 24.6 Å². The molecule has 0 spiro atoms. The summed E-state index contributed by atoms with van der Waals surface area (Å²) in [6.07, 6.45) is -0.986. The Hall–Kier alpha value is -0.250. The lowest BCUT2D eigenvalue weighted by molar-refractivity contribution is -0.314. The van der Waals surface area contributed by atoms with Crippen LogP contribution in [0, 0.1) is 0 Å². The zero-order valence-electron chi connectivity index (χ0n) is 4.00. The van der Waals surface area contributed by atoms with Crippen LogP contribution in [0.5, 0.6) is 0 Å². The second-order valence-electron chi connectivity index (χ2n) is 1.96. The van der Waals surface area contributed by atoms with Gasteiger partial charge in [0.15, 0.2) is 0 Å². The highest BCUT2D eigenvalue weighted by atomic mass is 19.3. The first-order chi connectivity index (χ1) is 3.46. The van der Waals surface area contributed by atoms with Crippen molar-refractivity contribution in [1.82, 2.24) is 0 Å². The van der Waals surface area contributed by atoms with Crippen LogP contribution in [0.25, 0.3) is 0 Å². The number of rotatable bonds is 0. The van der Waals surface area contributed by atoms with Crippen molar-refractivity contribution in [3.05, 3.63) is 0 Å². The lowest BCUT2D eigenvalue weighted by Crippen LogP contribution is -2.53. The van der Waals surface area contributed by atoms with Crippen LogP contribution in [0.1, 0.15) is 12.8 Å². The van der Waals surface area contributed by atoms with Gasteiger partial charge in [-0.05, 0) is 0 Å². The van der Waals surface area contributed by atoms with Gasteiger partial charge >= 0.3 is 5.92 Å². The molecule has 0 radical (unpaired) electrons. The Balaban J connectivity index is 2.63. The molecular weight excluding hydrogens is 121 g/mol. The average molecular weight is 126 g/mol. The molecule has 1 saturated carbocycles. The van der Waals surface area contributed by atoms with Crippen LogP contribution in [0.3, 0.4) is 0 Å². The van der Waals surface area contributed by atoms with E-state index in [9.17, 15) is 13.2 Å². The van der Waals surface area contributed by atoms with E-state index in [0.717, 1.165) is 0 Å². The van der Waals surface area contributed by atoms with Gasteiger partial charge < -0.3 is 5.11 Å². The summed E-state index contributed by atoms with van der Waals surface area (Å²) in [5.74, 6) is -6.71. The summed E-state index contributed by atoms with van der Waals surface area (Å²) in [7, 11) is 0. The lowest BCUT2D eigenvalue weighted by atomic mass is 9.88. The highest BCUT2D eigenvalue weighted by Gasteiger charge is 2.62. The molecule has 4 heteroatoms. The Labute approximate surface area is 44.1 Å². The number of aliphatic hydroxyl groups is 1. The summed E-state index contributed by atoms with van der Waals surface area (Å²) in [4.78, 5) is 0. The fraction of sp³-hybridized carbons (Fsp3) is 1.00. The van der Waals surface area contributed by atoms with Gasteiger partial charge in [0.2, 0.25) is 0 Å². The summed E-state index contributed by atoms with van der Waals surface area (Å²) >= 11 is 0. The molecule has 1 aliphatic carbocycles. The minimum atomic E-state index is -3.49. The number of halogens is 3. The van der Waals surface area contributed by atoms with Crippen LogP contribution in [0.2, 0.25) is 0 Å². The molecule has 1 atom stereocenters. The maximum absolute atomic E-state index is 11.8. The molecule has 0 aromatic carbocycles. The van der Waals surface area contributed by atoms with E-state index in [1.54, 1.807) is 0 Å². The summed E-state index contributed by atoms with van der Waals surface area (Å²) in [5, 5.41) is 8.02. The molecule has 1 unspecified atom stereocenters. The first-order valence-electron chi connectivity index (χ1n) is 2.25. The van der Waals surface area contributed by atoms with E-state index in [-0.39, 0.29) is 0 Å². The third-order valence-electron chi connectivity index (χ3n) is 1.33. The molecule has 0 aliphatic heterocycles. The zero-order chi connectivity index (χ0) is 6.41. The molecule has 1 rings (SSSR count).